The van der Waals surface area contributed by atoms with Crippen LogP contribution in [0.3, 0.4) is 0 Å². The molecule has 6 heteroatoms. The number of hydrogen-bond donors (Lipinski definition) is 2. The molecular formula is C15H23NO4S. The van der Waals surface area contributed by atoms with Gasteiger partial charge >= 0.3 is 5.97 Å². The van der Waals surface area contributed by atoms with E-state index in [1.54, 1.807) is 13.2 Å². The Morgan fingerprint density at radius 2 is 2.10 bits per heavy atom. The number of carboxylic acids is 1. The van der Waals surface area contributed by atoms with Gasteiger partial charge in [-0.1, -0.05) is 13.8 Å². The molecule has 0 bridgehead atoms. The van der Waals surface area contributed by atoms with Crippen molar-refractivity contribution < 1.29 is 19.4 Å². The molecule has 0 radical (unpaired) electrons. The molecule has 0 saturated heterocycles. The van der Waals surface area contributed by atoms with Crippen LogP contribution < -0.4 is 10.1 Å². The van der Waals surface area contributed by atoms with Gasteiger partial charge in [0.1, 0.15) is 10.6 Å². The molecular weight excluding hydrogens is 290 g/mol. The molecule has 0 aromatic carbocycles. The summed E-state index contributed by atoms with van der Waals surface area (Å²) in [4.78, 5) is 23.3. The molecule has 1 atom stereocenters. The first kappa shape index (κ1) is 17.5. The van der Waals surface area contributed by atoms with E-state index >= 15 is 0 Å². The Hall–Kier alpha value is -1.56. The van der Waals surface area contributed by atoms with Crippen molar-refractivity contribution in [2.24, 2.45) is 11.8 Å². The molecule has 0 fully saturated rings. The van der Waals surface area contributed by atoms with Crippen LogP contribution in [0.2, 0.25) is 0 Å². The lowest BCUT2D eigenvalue weighted by atomic mass is 9.88. The van der Waals surface area contributed by atoms with Gasteiger partial charge < -0.3 is 15.2 Å². The van der Waals surface area contributed by atoms with Crippen molar-refractivity contribution in [3.05, 3.63) is 16.3 Å². The molecule has 0 aliphatic rings. The van der Waals surface area contributed by atoms with Gasteiger partial charge in [-0.25, -0.2) is 0 Å². The molecule has 1 rings (SSSR count). The molecule has 1 unspecified atom stereocenters. The summed E-state index contributed by atoms with van der Waals surface area (Å²) < 4.78 is 5.12. The van der Waals surface area contributed by atoms with Crippen molar-refractivity contribution in [3.8, 4) is 5.75 Å². The first-order chi connectivity index (χ1) is 9.95. The van der Waals surface area contributed by atoms with Crippen molar-refractivity contribution in [1.82, 2.24) is 5.32 Å². The summed E-state index contributed by atoms with van der Waals surface area (Å²) in [5, 5.41) is 13.5. The van der Waals surface area contributed by atoms with Crippen LogP contribution in [0.15, 0.2) is 11.4 Å². The van der Waals surface area contributed by atoms with E-state index in [1.807, 2.05) is 5.38 Å². The Kier molecular flexibility index (Phi) is 7.22. The van der Waals surface area contributed by atoms with Gasteiger partial charge in [-0.2, -0.15) is 0 Å². The number of hydrogen-bond acceptors (Lipinski definition) is 4. The maximum absolute atomic E-state index is 12.0. The van der Waals surface area contributed by atoms with E-state index in [0.717, 1.165) is 6.42 Å². The summed E-state index contributed by atoms with van der Waals surface area (Å²) in [5.41, 5.74) is 0. The third-order valence-corrected chi connectivity index (χ3v) is 4.42. The largest absolute Gasteiger partial charge is 0.495 e. The van der Waals surface area contributed by atoms with Crippen molar-refractivity contribution in [2.45, 2.75) is 33.1 Å². The summed E-state index contributed by atoms with van der Waals surface area (Å²) in [6.07, 6.45) is 1.60. The van der Waals surface area contributed by atoms with Crippen molar-refractivity contribution in [2.75, 3.05) is 13.7 Å². The highest BCUT2D eigenvalue weighted by atomic mass is 32.1. The zero-order valence-corrected chi connectivity index (χ0v) is 13.5. The van der Waals surface area contributed by atoms with E-state index in [0.29, 0.717) is 35.4 Å². The number of amides is 1. The van der Waals surface area contributed by atoms with Crippen LogP contribution in [0.4, 0.5) is 0 Å². The highest BCUT2D eigenvalue weighted by Gasteiger charge is 2.17. The average Bonchev–Trinajstić information content (AvgIpc) is 2.90. The van der Waals surface area contributed by atoms with Gasteiger partial charge in [-0.3, -0.25) is 9.59 Å². The van der Waals surface area contributed by atoms with E-state index in [4.69, 9.17) is 9.84 Å². The topological polar surface area (TPSA) is 75.6 Å². The van der Waals surface area contributed by atoms with Crippen LogP contribution in [0, 0.1) is 11.8 Å². The fourth-order valence-electron chi connectivity index (χ4n) is 2.20. The van der Waals surface area contributed by atoms with Gasteiger partial charge in [0.15, 0.2) is 0 Å². The van der Waals surface area contributed by atoms with Gasteiger partial charge in [-0.15, -0.1) is 11.3 Å². The average molecular weight is 313 g/mol. The molecule has 0 aliphatic carbocycles. The monoisotopic (exact) mass is 313 g/mol. The number of aliphatic carboxylic acids is 1. The van der Waals surface area contributed by atoms with Crippen molar-refractivity contribution in [1.29, 1.82) is 0 Å². The molecule has 1 heterocycles. The van der Waals surface area contributed by atoms with Crippen molar-refractivity contribution >= 4 is 23.2 Å². The van der Waals surface area contributed by atoms with Crippen LogP contribution >= 0.6 is 11.3 Å². The Balaban J connectivity index is 2.43. The van der Waals surface area contributed by atoms with Crippen LogP contribution in [0.1, 0.15) is 42.8 Å². The second-order valence-corrected chi connectivity index (χ2v) is 6.22. The molecule has 0 spiro atoms. The fraction of sp³-hybridized carbons (Fsp3) is 0.600. The third kappa shape index (κ3) is 5.75. The van der Waals surface area contributed by atoms with Crippen LogP contribution in [-0.2, 0) is 4.79 Å². The first-order valence-corrected chi connectivity index (χ1v) is 7.95. The Labute approximate surface area is 129 Å². The molecule has 5 nitrogen and oxygen atoms in total. The first-order valence-electron chi connectivity index (χ1n) is 7.07. The summed E-state index contributed by atoms with van der Waals surface area (Å²) >= 11 is 1.35. The highest BCUT2D eigenvalue weighted by molar-refractivity contribution is 7.12. The van der Waals surface area contributed by atoms with E-state index in [-0.39, 0.29) is 12.3 Å². The minimum Gasteiger partial charge on any atom is -0.495 e. The minimum atomic E-state index is -0.770. The number of carbonyl (C=O) groups is 2. The number of carboxylic acid groups (broad SMARTS) is 1. The van der Waals surface area contributed by atoms with E-state index in [9.17, 15) is 9.59 Å². The lowest BCUT2D eigenvalue weighted by molar-refractivity contribution is -0.137. The van der Waals surface area contributed by atoms with E-state index < -0.39 is 5.97 Å². The third-order valence-electron chi connectivity index (χ3n) is 3.53. The van der Waals surface area contributed by atoms with Gasteiger partial charge in [0.05, 0.1) is 7.11 Å². The zero-order valence-electron chi connectivity index (χ0n) is 12.7. The molecule has 0 saturated carbocycles. The lowest BCUT2D eigenvalue weighted by Gasteiger charge is -2.20. The normalized spacial score (nSPS) is 12.2. The van der Waals surface area contributed by atoms with Gasteiger partial charge in [0.2, 0.25) is 0 Å². The van der Waals surface area contributed by atoms with Crippen LogP contribution in [0.25, 0.3) is 0 Å². The molecule has 118 valence electrons. The predicted molar refractivity (Wildman–Crippen MR) is 83.0 cm³/mol. The van der Waals surface area contributed by atoms with Crippen molar-refractivity contribution in [3.63, 3.8) is 0 Å². The van der Waals surface area contributed by atoms with E-state index in [2.05, 4.69) is 19.2 Å². The number of carbonyl (C=O) groups excluding carboxylic acids is 1. The number of methoxy groups -OCH3 is 1. The molecule has 0 aliphatic heterocycles. The molecule has 1 amide bonds. The number of thiophene rings is 1. The predicted octanol–water partition coefficient (Wildman–Crippen LogP) is 3.01. The van der Waals surface area contributed by atoms with Crippen LogP contribution in [-0.4, -0.2) is 30.6 Å². The molecule has 1 aromatic rings. The van der Waals surface area contributed by atoms with Gasteiger partial charge in [0.25, 0.3) is 5.91 Å². The lowest BCUT2D eigenvalue weighted by Crippen LogP contribution is -2.26. The quantitative estimate of drug-likeness (QED) is 0.735. The number of ether oxygens (including phenoxy) is 1. The summed E-state index contributed by atoms with van der Waals surface area (Å²) in [7, 11) is 1.54. The molecule has 1 aromatic heterocycles. The number of nitrogens with one attached hydrogen (secondary N) is 1. The Morgan fingerprint density at radius 3 is 2.67 bits per heavy atom. The Bertz CT molecular complexity index is 470. The second-order valence-electron chi connectivity index (χ2n) is 5.30. The van der Waals surface area contributed by atoms with E-state index in [1.165, 1.54) is 11.3 Å². The maximum atomic E-state index is 12.0. The minimum absolute atomic E-state index is 0.136. The number of rotatable bonds is 9. The van der Waals surface area contributed by atoms with Gasteiger partial charge in [-0.05, 0) is 36.1 Å². The summed E-state index contributed by atoms with van der Waals surface area (Å²) in [6.45, 7) is 4.70. The van der Waals surface area contributed by atoms with Crippen LogP contribution in [0.5, 0.6) is 5.75 Å². The maximum Gasteiger partial charge on any atom is 0.303 e. The standard InChI is InChI=1S/C15H23NO4S/c1-10(2)11(4-5-13(17)18)6-8-16-15(19)14-12(20-3)7-9-21-14/h7,9-11H,4-6,8H2,1-3H3,(H,16,19)(H,17,18). The van der Waals surface area contributed by atoms with Gasteiger partial charge in [0, 0.05) is 13.0 Å². The fourth-order valence-corrected chi connectivity index (χ4v) is 2.97. The molecule has 21 heavy (non-hydrogen) atoms. The zero-order chi connectivity index (χ0) is 15.8. The SMILES string of the molecule is COc1ccsc1C(=O)NCCC(CCC(=O)O)C(C)C. The summed E-state index contributed by atoms with van der Waals surface area (Å²) in [5.74, 6) is 0.378. The highest BCUT2D eigenvalue weighted by Crippen LogP contribution is 2.24. The second kappa shape index (κ2) is 8.67. The smallest absolute Gasteiger partial charge is 0.303 e. The Morgan fingerprint density at radius 1 is 1.38 bits per heavy atom. The molecule has 2 N–H and O–H groups in total. The summed E-state index contributed by atoms with van der Waals surface area (Å²) in [6, 6.07) is 1.77.